The Morgan fingerprint density at radius 2 is 1.89 bits per heavy atom. The number of rotatable bonds is 9. The number of amides is 1. The van der Waals surface area contributed by atoms with Gasteiger partial charge in [-0.1, -0.05) is 18.7 Å². The first-order valence-corrected chi connectivity index (χ1v) is 10.3. The molecule has 2 aromatic carbocycles. The Labute approximate surface area is 160 Å². The van der Waals surface area contributed by atoms with Crippen LogP contribution in [0.3, 0.4) is 0 Å². The van der Waals surface area contributed by atoms with Crippen LogP contribution in [0.15, 0.2) is 61.2 Å². The molecule has 0 aliphatic heterocycles. The molecule has 2 rings (SSSR count). The van der Waals surface area contributed by atoms with Crippen molar-refractivity contribution in [2.24, 2.45) is 0 Å². The Morgan fingerprint density at radius 1 is 1.19 bits per heavy atom. The summed E-state index contributed by atoms with van der Waals surface area (Å²) in [5.74, 6) is 0.364. The van der Waals surface area contributed by atoms with Crippen LogP contribution < -0.4 is 14.4 Å². The highest BCUT2D eigenvalue weighted by Gasteiger charge is 2.19. The van der Waals surface area contributed by atoms with Crippen molar-refractivity contribution >= 4 is 27.3 Å². The van der Waals surface area contributed by atoms with Gasteiger partial charge in [0.15, 0.2) is 0 Å². The number of anilines is 2. The molecule has 1 N–H and O–H groups in total. The minimum absolute atomic E-state index is 0.0212. The molecule has 0 saturated heterocycles. The molecule has 6 nitrogen and oxygen atoms in total. The highest BCUT2D eigenvalue weighted by Crippen LogP contribution is 2.21. The number of hydrogen-bond acceptors (Lipinski definition) is 4. The van der Waals surface area contributed by atoms with Crippen molar-refractivity contribution in [3.05, 3.63) is 66.7 Å². The largest absolute Gasteiger partial charge is 0.489 e. The standard InChI is InChI=1S/C20H24N2O4S/c1-4-14-26-19-9-7-8-17(15-19)21-20(23)16-10-12-18(13-11-16)22(5-2)27(24,25)6-3/h4,7-13,15H,1,5-6,14H2,2-3H3,(H,21,23). The average Bonchev–Trinajstić information content (AvgIpc) is 2.67. The summed E-state index contributed by atoms with van der Waals surface area (Å²) in [6.45, 7) is 7.69. The van der Waals surface area contributed by atoms with E-state index in [1.165, 1.54) is 4.31 Å². The van der Waals surface area contributed by atoms with Gasteiger partial charge >= 0.3 is 0 Å². The molecule has 27 heavy (non-hydrogen) atoms. The summed E-state index contributed by atoms with van der Waals surface area (Å²) in [6.07, 6.45) is 1.64. The van der Waals surface area contributed by atoms with Gasteiger partial charge in [-0.3, -0.25) is 9.10 Å². The zero-order valence-electron chi connectivity index (χ0n) is 15.5. The maximum absolute atomic E-state index is 12.4. The number of sulfonamides is 1. The highest BCUT2D eigenvalue weighted by molar-refractivity contribution is 7.92. The Balaban J connectivity index is 2.13. The van der Waals surface area contributed by atoms with Crippen LogP contribution in [0, 0.1) is 0 Å². The number of carbonyl (C=O) groups excluding carboxylic acids is 1. The van der Waals surface area contributed by atoms with Gasteiger partial charge in [0.25, 0.3) is 5.91 Å². The minimum atomic E-state index is -3.35. The molecule has 0 aliphatic carbocycles. The Bertz CT molecular complexity index is 892. The van der Waals surface area contributed by atoms with Gasteiger partial charge < -0.3 is 10.1 Å². The number of nitrogens with zero attached hydrogens (tertiary/aromatic N) is 1. The Kier molecular flexibility index (Phi) is 7.01. The fourth-order valence-electron chi connectivity index (χ4n) is 2.50. The van der Waals surface area contributed by atoms with Crippen molar-refractivity contribution < 1.29 is 17.9 Å². The van der Waals surface area contributed by atoms with Gasteiger partial charge in [-0.05, 0) is 50.2 Å². The summed E-state index contributed by atoms with van der Waals surface area (Å²) in [5.41, 5.74) is 1.58. The molecule has 144 valence electrons. The molecule has 2 aromatic rings. The lowest BCUT2D eigenvalue weighted by atomic mass is 10.2. The number of ether oxygens (including phenoxy) is 1. The van der Waals surface area contributed by atoms with Crippen LogP contribution in [0.2, 0.25) is 0 Å². The molecule has 0 aliphatic rings. The van der Waals surface area contributed by atoms with Gasteiger partial charge in [-0.15, -0.1) is 0 Å². The van der Waals surface area contributed by atoms with Crippen LogP contribution >= 0.6 is 0 Å². The van der Waals surface area contributed by atoms with E-state index in [4.69, 9.17) is 4.74 Å². The van der Waals surface area contributed by atoms with E-state index in [1.54, 1.807) is 68.5 Å². The number of benzene rings is 2. The summed E-state index contributed by atoms with van der Waals surface area (Å²) in [4.78, 5) is 12.4. The summed E-state index contributed by atoms with van der Waals surface area (Å²) >= 11 is 0. The van der Waals surface area contributed by atoms with Gasteiger partial charge in [-0.25, -0.2) is 8.42 Å². The zero-order chi connectivity index (χ0) is 19.9. The second-order valence-electron chi connectivity index (χ2n) is 5.69. The average molecular weight is 388 g/mol. The van der Waals surface area contributed by atoms with E-state index in [9.17, 15) is 13.2 Å². The van der Waals surface area contributed by atoms with Gasteiger partial charge in [0.2, 0.25) is 10.0 Å². The summed E-state index contributed by atoms with van der Waals surface area (Å²) < 4.78 is 31.0. The first-order chi connectivity index (χ1) is 12.9. The van der Waals surface area contributed by atoms with Gasteiger partial charge in [0.1, 0.15) is 12.4 Å². The van der Waals surface area contributed by atoms with Crippen LogP contribution in [-0.2, 0) is 10.0 Å². The Morgan fingerprint density at radius 3 is 2.48 bits per heavy atom. The third-order valence-electron chi connectivity index (χ3n) is 3.87. The molecule has 0 unspecified atom stereocenters. The monoisotopic (exact) mass is 388 g/mol. The first-order valence-electron chi connectivity index (χ1n) is 8.66. The van der Waals surface area contributed by atoms with Crippen LogP contribution in [0.25, 0.3) is 0 Å². The molecule has 0 spiro atoms. The number of nitrogens with one attached hydrogen (secondary N) is 1. The van der Waals surface area contributed by atoms with E-state index in [1.807, 2.05) is 0 Å². The molecule has 0 heterocycles. The van der Waals surface area contributed by atoms with E-state index in [0.29, 0.717) is 35.8 Å². The Hall–Kier alpha value is -2.80. The molecule has 0 aromatic heterocycles. The summed E-state index contributed by atoms with van der Waals surface area (Å²) in [6, 6.07) is 13.5. The van der Waals surface area contributed by atoms with E-state index in [-0.39, 0.29) is 11.7 Å². The van der Waals surface area contributed by atoms with E-state index < -0.39 is 10.0 Å². The lowest BCUT2D eigenvalue weighted by Gasteiger charge is -2.22. The predicted molar refractivity (Wildman–Crippen MR) is 109 cm³/mol. The van der Waals surface area contributed by atoms with Crippen molar-refractivity contribution in [1.29, 1.82) is 0 Å². The number of carbonyl (C=O) groups is 1. The third kappa shape index (κ3) is 5.34. The molecular weight excluding hydrogens is 364 g/mol. The van der Waals surface area contributed by atoms with Crippen LogP contribution in [0.4, 0.5) is 11.4 Å². The van der Waals surface area contributed by atoms with Crippen molar-refractivity contribution in [2.45, 2.75) is 13.8 Å². The molecule has 1 amide bonds. The van der Waals surface area contributed by atoms with Gasteiger partial charge in [-0.2, -0.15) is 0 Å². The van der Waals surface area contributed by atoms with Crippen molar-refractivity contribution in [2.75, 3.05) is 28.5 Å². The van der Waals surface area contributed by atoms with Gasteiger partial charge in [0, 0.05) is 23.9 Å². The molecule has 0 radical (unpaired) electrons. The minimum Gasteiger partial charge on any atom is -0.489 e. The molecule has 0 bridgehead atoms. The van der Waals surface area contributed by atoms with Crippen LogP contribution in [0.5, 0.6) is 5.75 Å². The molecule has 0 atom stereocenters. The maximum atomic E-state index is 12.4. The van der Waals surface area contributed by atoms with Crippen molar-refractivity contribution in [3.63, 3.8) is 0 Å². The quantitative estimate of drug-likeness (QED) is 0.665. The molecular formula is C20H24N2O4S. The maximum Gasteiger partial charge on any atom is 0.255 e. The molecule has 7 heteroatoms. The molecule has 0 fully saturated rings. The normalized spacial score (nSPS) is 10.9. The van der Waals surface area contributed by atoms with Crippen LogP contribution in [-0.4, -0.2) is 33.2 Å². The van der Waals surface area contributed by atoms with E-state index >= 15 is 0 Å². The van der Waals surface area contributed by atoms with E-state index in [0.717, 1.165) is 0 Å². The second-order valence-corrected chi connectivity index (χ2v) is 7.88. The summed E-state index contributed by atoms with van der Waals surface area (Å²) in [5, 5.41) is 2.80. The van der Waals surface area contributed by atoms with Crippen LogP contribution in [0.1, 0.15) is 24.2 Å². The van der Waals surface area contributed by atoms with Crippen molar-refractivity contribution in [3.8, 4) is 5.75 Å². The lowest BCUT2D eigenvalue weighted by molar-refractivity contribution is 0.102. The zero-order valence-corrected chi connectivity index (χ0v) is 16.3. The third-order valence-corrected chi connectivity index (χ3v) is 5.74. The fourth-order valence-corrected chi connectivity index (χ4v) is 3.64. The fraction of sp³-hybridized carbons (Fsp3) is 0.250. The topological polar surface area (TPSA) is 75.7 Å². The van der Waals surface area contributed by atoms with Gasteiger partial charge in [0.05, 0.1) is 11.4 Å². The SMILES string of the molecule is C=CCOc1cccc(NC(=O)c2ccc(N(CC)S(=O)(=O)CC)cc2)c1. The lowest BCUT2D eigenvalue weighted by Crippen LogP contribution is -2.32. The first kappa shape index (κ1) is 20.5. The summed E-state index contributed by atoms with van der Waals surface area (Å²) in [7, 11) is -3.35. The molecule has 0 saturated carbocycles. The second kappa shape index (κ2) is 9.23. The van der Waals surface area contributed by atoms with Crippen molar-refractivity contribution in [1.82, 2.24) is 0 Å². The van der Waals surface area contributed by atoms with E-state index in [2.05, 4.69) is 11.9 Å². The highest BCUT2D eigenvalue weighted by atomic mass is 32.2. The smallest absolute Gasteiger partial charge is 0.255 e. The number of hydrogen-bond donors (Lipinski definition) is 1. The predicted octanol–water partition coefficient (Wildman–Crippen LogP) is 3.68.